The molecule has 0 atom stereocenters. The third-order valence-electron chi connectivity index (χ3n) is 5.30. The van der Waals surface area contributed by atoms with E-state index in [0.717, 1.165) is 0 Å². The van der Waals surface area contributed by atoms with Crippen molar-refractivity contribution in [1.82, 2.24) is 4.31 Å². The van der Waals surface area contributed by atoms with Crippen molar-refractivity contribution in [3.05, 3.63) is 83.4 Å². The van der Waals surface area contributed by atoms with Gasteiger partial charge in [-0.2, -0.15) is 4.31 Å². The number of aromatic hydroxyl groups is 1. The minimum Gasteiger partial charge on any atom is -0.506 e. The summed E-state index contributed by atoms with van der Waals surface area (Å²) >= 11 is 0. The number of benzene rings is 3. The van der Waals surface area contributed by atoms with Gasteiger partial charge in [0.15, 0.2) is 0 Å². The average molecular weight is 498 g/mol. The number of ether oxygens (including phenoxy) is 1. The monoisotopic (exact) mass is 497 g/mol. The highest BCUT2D eigenvalue weighted by molar-refractivity contribution is 7.89. The Bertz CT molecular complexity index is 1340. The molecular weight excluding hydrogens is 470 g/mol. The van der Waals surface area contributed by atoms with Gasteiger partial charge in [0.25, 0.3) is 11.8 Å². The van der Waals surface area contributed by atoms with E-state index in [4.69, 9.17) is 10.5 Å². The highest BCUT2D eigenvalue weighted by Gasteiger charge is 2.23. The Kier molecular flexibility index (Phi) is 8.10. The standard InChI is InChI=1S/C25H27N3O6S/c1-3-28(4-2)35(32,33)19-12-13-22(29)21(15-19)27-25(31)18-9-7-8-17(14-18)16-34-23-11-6-5-10-20(23)24(26)30/h5-15,29H,3-4,16H2,1-2H3,(H2,26,30)(H,27,31). The summed E-state index contributed by atoms with van der Waals surface area (Å²) in [5.41, 5.74) is 6.51. The Balaban J connectivity index is 1.78. The molecule has 10 heteroatoms. The van der Waals surface area contributed by atoms with Gasteiger partial charge >= 0.3 is 0 Å². The minimum atomic E-state index is -3.77. The highest BCUT2D eigenvalue weighted by atomic mass is 32.2. The molecule has 3 aromatic carbocycles. The van der Waals surface area contributed by atoms with Gasteiger partial charge in [0.2, 0.25) is 10.0 Å². The fourth-order valence-corrected chi connectivity index (χ4v) is 4.93. The summed E-state index contributed by atoms with van der Waals surface area (Å²) in [6.45, 7) is 4.12. The highest BCUT2D eigenvalue weighted by Crippen LogP contribution is 2.28. The van der Waals surface area contributed by atoms with Gasteiger partial charge in [-0.3, -0.25) is 9.59 Å². The van der Waals surface area contributed by atoms with Crippen LogP contribution in [0.5, 0.6) is 11.5 Å². The summed E-state index contributed by atoms with van der Waals surface area (Å²) in [7, 11) is -3.77. The Hall–Kier alpha value is -3.89. The summed E-state index contributed by atoms with van der Waals surface area (Å²) in [6.07, 6.45) is 0. The zero-order valence-electron chi connectivity index (χ0n) is 19.4. The second kappa shape index (κ2) is 11.0. The minimum absolute atomic E-state index is 0.0275. The number of phenolic OH excluding ortho intramolecular Hbond substituents is 1. The van der Waals surface area contributed by atoms with Crippen molar-refractivity contribution in [2.75, 3.05) is 18.4 Å². The number of nitrogens with zero attached hydrogens (tertiary/aromatic N) is 1. The number of carbonyl (C=O) groups is 2. The maximum atomic E-state index is 12.9. The number of nitrogens with one attached hydrogen (secondary N) is 1. The second-order valence-corrected chi connectivity index (χ2v) is 9.51. The molecule has 0 unspecified atom stereocenters. The van der Waals surface area contributed by atoms with Crippen molar-refractivity contribution >= 4 is 27.5 Å². The number of phenols is 1. The zero-order chi connectivity index (χ0) is 25.6. The molecule has 0 fully saturated rings. The number of amides is 2. The van der Waals surface area contributed by atoms with E-state index >= 15 is 0 Å². The third-order valence-corrected chi connectivity index (χ3v) is 7.34. The molecule has 2 amide bonds. The van der Waals surface area contributed by atoms with Gasteiger partial charge in [0.05, 0.1) is 16.1 Å². The first kappa shape index (κ1) is 25.7. The number of hydrogen-bond donors (Lipinski definition) is 3. The molecule has 9 nitrogen and oxygen atoms in total. The molecule has 0 heterocycles. The van der Waals surface area contributed by atoms with Crippen LogP contribution < -0.4 is 15.8 Å². The van der Waals surface area contributed by atoms with Crippen LogP contribution in [0.25, 0.3) is 0 Å². The molecule has 0 radical (unpaired) electrons. The van der Waals surface area contributed by atoms with Crippen LogP contribution in [0.2, 0.25) is 0 Å². The van der Waals surface area contributed by atoms with Gasteiger partial charge in [0, 0.05) is 18.7 Å². The number of rotatable bonds is 10. The van der Waals surface area contributed by atoms with Crippen molar-refractivity contribution in [1.29, 1.82) is 0 Å². The normalized spacial score (nSPS) is 11.3. The first-order chi connectivity index (χ1) is 16.7. The molecule has 0 bridgehead atoms. The first-order valence-electron chi connectivity index (χ1n) is 10.9. The van der Waals surface area contributed by atoms with Crippen LogP contribution >= 0.6 is 0 Å². The summed E-state index contributed by atoms with van der Waals surface area (Å²) in [4.78, 5) is 24.4. The van der Waals surface area contributed by atoms with Crippen molar-refractivity contribution in [3.8, 4) is 11.5 Å². The Morgan fingerprint density at radius 3 is 2.40 bits per heavy atom. The number of anilines is 1. The average Bonchev–Trinajstić information content (AvgIpc) is 2.84. The summed E-state index contributed by atoms with van der Waals surface area (Å²) in [5, 5.41) is 12.8. The lowest BCUT2D eigenvalue weighted by molar-refractivity contribution is 0.0994. The van der Waals surface area contributed by atoms with E-state index in [1.807, 2.05) is 0 Å². The van der Waals surface area contributed by atoms with Crippen molar-refractivity contribution in [2.45, 2.75) is 25.3 Å². The zero-order valence-corrected chi connectivity index (χ0v) is 20.2. The number of sulfonamides is 1. The molecule has 0 aliphatic heterocycles. The summed E-state index contributed by atoms with van der Waals surface area (Å²) < 4.78 is 32.6. The van der Waals surface area contributed by atoms with Crippen LogP contribution in [0.15, 0.2) is 71.6 Å². The van der Waals surface area contributed by atoms with E-state index in [9.17, 15) is 23.1 Å². The van der Waals surface area contributed by atoms with E-state index < -0.39 is 21.8 Å². The van der Waals surface area contributed by atoms with Crippen LogP contribution in [0.3, 0.4) is 0 Å². The van der Waals surface area contributed by atoms with E-state index in [1.165, 1.54) is 22.5 Å². The molecule has 0 aliphatic rings. The Morgan fingerprint density at radius 2 is 1.71 bits per heavy atom. The van der Waals surface area contributed by atoms with Crippen molar-refractivity contribution in [3.63, 3.8) is 0 Å². The molecule has 0 saturated heterocycles. The number of nitrogens with two attached hydrogens (primary N) is 1. The van der Waals surface area contributed by atoms with Gasteiger partial charge < -0.3 is 20.9 Å². The van der Waals surface area contributed by atoms with Crippen molar-refractivity contribution in [2.24, 2.45) is 5.73 Å². The molecule has 184 valence electrons. The van der Waals surface area contributed by atoms with Crippen molar-refractivity contribution < 1.29 is 27.9 Å². The van der Waals surface area contributed by atoms with Gasteiger partial charge in [0.1, 0.15) is 18.1 Å². The molecule has 0 saturated carbocycles. The lowest BCUT2D eigenvalue weighted by atomic mass is 10.1. The number of para-hydroxylation sites is 1. The molecule has 3 aromatic rings. The molecule has 4 N–H and O–H groups in total. The van der Waals surface area contributed by atoms with Crippen LogP contribution in [-0.4, -0.2) is 42.7 Å². The largest absolute Gasteiger partial charge is 0.506 e. The van der Waals surface area contributed by atoms with Crippen LogP contribution in [0.1, 0.15) is 40.1 Å². The Labute approximate surface area is 204 Å². The fourth-order valence-electron chi connectivity index (χ4n) is 3.44. The van der Waals surface area contributed by atoms with E-state index in [-0.39, 0.29) is 34.1 Å². The number of primary amides is 1. The number of hydrogen-bond acceptors (Lipinski definition) is 6. The maximum Gasteiger partial charge on any atom is 0.255 e. The van der Waals surface area contributed by atoms with E-state index in [2.05, 4.69) is 5.32 Å². The molecule has 3 rings (SSSR count). The lowest BCUT2D eigenvalue weighted by Gasteiger charge is -2.19. The second-order valence-electron chi connectivity index (χ2n) is 7.57. The lowest BCUT2D eigenvalue weighted by Crippen LogP contribution is -2.30. The third kappa shape index (κ3) is 5.97. The topological polar surface area (TPSA) is 139 Å². The van der Waals surface area contributed by atoms with Gasteiger partial charge in [-0.25, -0.2) is 8.42 Å². The molecule has 0 aliphatic carbocycles. The predicted octanol–water partition coefficient (Wildman–Crippen LogP) is 3.35. The number of carbonyl (C=O) groups excluding carboxylic acids is 2. The first-order valence-corrected chi connectivity index (χ1v) is 12.4. The van der Waals surface area contributed by atoms with Crippen LogP contribution in [0.4, 0.5) is 5.69 Å². The molecule has 0 aromatic heterocycles. The predicted molar refractivity (Wildman–Crippen MR) is 132 cm³/mol. The van der Waals surface area contributed by atoms with Crippen LogP contribution in [-0.2, 0) is 16.6 Å². The summed E-state index contributed by atoms with van der Waals surface area (Å²) in [6, 6.07) is 16.9. The molecule has 0 spiro atoms. The van der Waals surface area contributed by atoms with E-state index in [0.29, 0.717) is 24.4 Å². The summed E-state index contributed by atoms with van der Waals surface area (Å²) in [5.74, 6) is -1.10. The maximum absolute atomic E-state index is 12.9. The van der Waals surface area contributed by atoms with E-state index in [1.54, 1.807) is 62.4 Å². The quantitative estimate of drug-likeness (QED) is 0.367. The smallest absolute Gasteiger partial charge is 0.255 e. The van der Waals surface area contributed by atoms with Crippen LogP contribution in [0, 0.1) is 0 Å². The molecular formula is C25H27N3O6S. The SMILES string of the molecule is CCN(CC)S(=O)(=O)c1ccc(O)c(NC(=O)c2cccc(COc3ccccc3C(N)=O)c2)c1. The molecule has 35 heavy (non-hydrogen) atoms. The fraction of sp³-hybridized carbons (Fsp3) is 0.200. The van der Waals surface area contributed by atoms with Gasteiger partial charge in [-0.15, -0.1) is 0 Å². The van der Waals surface area contributed by atoms with Gasteiger partial charge in [-0.05, 0) is 48.0 Å². The Morgan fingerprint density at radius 1 is 1.00 bits per heavy atom. The van der Waals surface area contributed by atoms with Gasteiger partial charge in [-0.1, -0.05) is 38.1 Å².